The SMILES string of the molecule is CCCN1C(=O)C(=O)/C(=C(\O)c2ccc(OC)cc2)C1c1ccc(OCc2ccccc2)c(OC)c1. The van der Waals surface area contributed by atoms with E-state index in [0.29, 0.717) is 47.9 Å². The fourth-order valence-corrected chi connectivity index (χ4v) is 4.31. The van der Waals surface area contributed by atoms with E-state index >= 15 is 0 Å². The van der Waals surface area contributed by atoms with Crippen molar-refractivity contribution in [3.63, 3.8) is 0 Å². The topological polar surface area (TPSA) is 85.3 Å². The van der Waals surface area contributed by atoms with Gasteiger partial charge in [0.1, 0.15) is 18.1 Å². The number of likely N-dealkylation sites (tertiary alicyclic amines) is 1. The number of hydrogen-bond donors (Lipinski definition) is 1. The molecule has 36 heavy (non-hydrogen) atoms. The molecule has 4 rings (SSSR count). The zero-order valence-corrected chi connectivity index (χ0v) is 20.6. The van der Waals surface area contributed by atoms with Gasteiger partial charge in [0.15, 0.2) is 11.5 Å². The largest absolute Gasteiger partial charge is 0.507 e. The maximum atomic E-state index is 13.1. The Morgan fingerprint density at radius 3 is 2.28 bits per heavy atom. The molecule has 0 spiro atoms. The third kappa shape index (κ3) is 4.91. The Hall–Kier alpha value is -4.26. The van der Waals surface area contributed by atoms with Crippen molar-refractivity contribution in [2.24, 2.45) is 0 Å². The zero-order valence-electron chi connectivity index (χ0n) is 20.6. The lowest BCUT2D eigenvalue weighted by atomic mass is 9.95. The quantitative estimate of drug-likeness (QED) is 0.256. The molecule has 0 aromatic heterocycles. The van der Waals surface area contributed by atoms with Crippen LogP contribution in [0.15, 0.2) is 78.4 Å². The molecule has 0 bridgehead atoms. The lowest BCUT2D eigenvalue weighted by molar-refractivity contribution is -0.139. The van der Waals surface area contributed by atoms with E-state index in [9.17, 15) is 14.7 Å². The molecule has 1 fully saturated rings. The number of ketones is 1. The molecule has 3 aromatic rings. The van der Waals surface area contributed by atoms with E-state index in [-0.39, 0.29) is 11.3 Å². The molecule has 1 unspecified atom stereocenters. The van der Waals surface area contributed by atoms with E-state index in [4.69, 9.17) is 14.2 Å². The van der Waals surface area contributed by atoms with Crippen molar-refractivity contribution >= 4 is 17.4 Å². The van der Waals surface area contributed by atoms with Gasteiger partial charge in [-0.2, -0.15) is 0 Å². The molecule has 1 heterocycles. The number of nitrogens with zero attached hydrogens (tertiary/aromatic N) is 1. The Bertz CT molecular complexity index is 1270. The van der Waals surface area contributed by atoms with Gasteiger partial charge in [0.2, 0.25) is 0 Å². The number of carbonyl (C=O) groups excluding carboxylic acids is 2. The van der Waals surface area contributed by atoms with Crippen molar-refractivity contribution in [2.75, 3.05) is 20.8 Å². The maximum Gasteiger partial charge on any atom is 0.295 e. The fourth-order valence-electron chi connectivity index (χ4n) is 4.31. The number of methoxy groups -OCH3 is 2. The molecular weight excluding hydrogens is 458 g/mol. The normalized spacial score (nSPS) is 16.8. The smallest absolute Gasteiger partial charge is 0.295 e. The molecule has 1 N–H and O–H groups in total. The van der Waals surface area contributed by atoms with E-state index in [2.05, 4.69) is 0 Å². The molecule has 0 radical (unpaired) electrons. The van der Waals surface area contributed by atoms with Crippen molar-refractivity contribution in [1.29, 1.82) is 0 Å². The van der Waals surface area contributed by atoms with Crippen molar-refractivity contribution in [1.82, 2.24) is 4.90 Å². The second-order valence-corrected chi connectivity index (χ2v) is 8.41. The number of carbonyl (C=O) groups is 2. The van der Waals surface area contributed by atoms with E-state index in [1.165, 1.54) is 12.0 Å². The van der Waals surface area contributed by atoms with Crippen LogP contribution in [0.5, 0.6) is 17.2 Å². The molecule has 3 aromatic carbocycles. The minimum Gasteiger partial charge on any atom is -0.507 e. The third-order valence-electron chi connectivity index (χ3n) is 6.11. The van der Waals surface area contributed by atoms with Crippen LogP contribution in [0.2, 0.25) is 0 Å². The monoisotopic (exact) mass is 487 g/mol. The number of benzene rings is 3. The average Bonchev–Trinajstić information content (AvgIpc) is 3.17. The minimum absolute atomic E-state index is 0.0404. The number of aliphatic hydroxyl groups excluding tert-OH is 1. The van der Waals surface area contributed by atoms with Crippen LogP contribution in [-0.4, -0.2) is 42.5 Å². The van der Waals surface area contributed by atoms with Crippen LogP contribution < -0.4 is 14.2 Å². The van der Waals surface area contributed by atoms with Gasteiger partial charge in [-0.3, -0.25) is 9.59 Å². The van der Waals surface area contributed by atoms with Crippen LogP contribution in [0.4, 0.5) is 0 Å². The van der Waals surface area contributed by atoms with E-state index in [1.807, 2.05) is 37.3 Å². The molecule has 186 valence electrons. The highest BCUT2D eigenvalue weighted by molar-refractivity contribution is 6.46. The minimum atomic E-state index is -0.760. The van der Waals surface area contributed by atoms with E-state index in [1.54, 1.807) is 49.6 Å². The van der Waals surface area contributed by atoms with Gasteiger partial charge in [-0.1, -0.05) is 43.3 Å². The average molecular weight is 488 g/mol. The molecule has 1 saturated heterocycles. The Morgan fingerprint density at radius 2 is 1.64 bits per heavy atom. The van der Waals surface area contributed by atoms with Gasteiger partial charge in [-0.15, -0.1) is 0 Å². The van der Waals surface area contributed by atoms with E-state index in [0.717, 1.165) is 5.56 Å². The molecule has 1 amide bonds. The second-order valence-electron chi connectivity index (χ2n) is 8.41. The molecular formula is C29H29NO6. The summed E-state index contributed by atoms with van der Waals surface area (Å²) in [5.41, 5.74) is 2.12. The Kier molecular flexibility index (Phi) is 7.59. The lowest BCUT2D eigenvalue weighted by Gasteiger charge is -2.25. The van der Waals surface area contributed by atoms with Crippen molar-refractivity contribution in [2.45, 2.75) is 26.0 Å². The molecule has 7 nitrogen and oxygen atoms in total. The summed E-state index contributed by atoms with van der Waals surface area (Å²) in [4.78, 5) is 27.6. The molecule has 0 saturated carbocycles. The second kappa shape index (κ2) is 11.0. The van der Waals surface area contributed by atoms with Crippen LogP contribution in [0, 0.1) is 0 Å². The lowest BCUT2D eigenvalue weighted by Crippen LogP contribution is -2.30. The van der Waals surface area contributed by atoms with Gasteiger partial charge < -0.3 is 24.2 Å². The number of aliphatic hydroxyl groups is 1. The van der Waals surface area contributed by atoms with Gasteiger partial charge in [0.25, 0.3) is 11.7 Å². The predicted molar refractivity (Wildman–Crippen MR) is 136 cm³/mol. The number of ether oxygens (including phenoxy) is 3. The highest BCUT2D eigenvalue weighted by Gasteiger charge is 2.45. The number of rotatable bonds is 9. The van der Waals surface area contributed by atoms with E-state index < -0.39 is 17.7 Å². The Labute approximate surface area is 210 Å². The molecule has 1 aliphatic rings. The van der Waals surface area contributed by atoms with Gasteiger partial charge in [0.05, 0.1) is 25.8 Å². The fraction of sp³-hybridized carbons (Fsp3) is 0.241. The summed E-state index contributed by atoms with van der Waals surface area (Å²) in [5.74, 6) is 0.0291. The van der Waals surface area contributed by atoms with Gasteiger partial charge in [-0.05, 0) is 53.9 Å². The third-order valence-corrected chi connectivity index (χ3v) is 6.11. The number of amides is 1. The number of Topliss-reactive ketones (excluding diaryl/α,β-unsaturated/α-hetero) is 1. The summed E-state index contributed by atoms with van der Waals surface area (Å²) in [6, 6.07) is 21.0. The predicted octanol–water partition coefficient (Wildman–Crippen LogP) is 5.11. The van der Waals surface area contributed by atoms with Crippen LogP contribution in [-0.2, 0) is 16.2 Å². The van der Waals surface area contributed by atoms with Crippen molar-refractivity contribution < 1.29 is 28.9 Å². The summed E-state index contributed by atoms with van der Waals surface area (Å²) in [5, 5.41) is 11.2. The summed E-state index contributed by atoms with van der Waals surface area (Å²) < 4.78 is 16.7. The molecule has 0 aliphatic carbocycles. The van der Waals surface area contributed by atoms with Crippen LogP contribution in [0.1, 0.15) is 36.1 Å². The molecule has 7 heteroatoms. The summed E-state index contributed by atoms with van der Waals surface area (Å²) in [6.07, 6.45) is 0.654. The first kappa shape index (κ1) is 24.9. The van der Waals surface area contributed by atoms with Crippen molar-refractivity contribution in [3.8, 4) is 17.2 Å². The number of hydrogen-bond acceptors (Lipinski definition) is 6. The first-order chi connectivity index (χ1) is 17.5. The maximum absolute atomic E-state index is 13.1. The standard InChI is InChI=1S/C29H29NO6/c1-4-16-30-26(25(28(32)29(30)33)27(31)20-10-13-22(34-2)14-11-20)21-12-15-23(24(17-21)35-3)36-18-19-8-6-5-7-9-19/h5-15,17,26,31H,4,16,18H2,1-3H3/b27-25-. The highest BCUT2D eigenvalue weighted by atomic mass is 16.5. The summed E-state index contributed by atoms with van der Waals surface area (Å²) in [6.45, 7) is 2.66. The summed E-state index contributed by atoms with van der Waals surface area (Å²) >= 11 is 0. The van der Waals surface area contributed by atoms with Gasteiger partial charge >= 0.3 is 0 Å². The van der Waals surface area contributed by atoms with Crippen LogP contribution in [0.3, 0.4) is 0 Å². The Balaban J connectivity index is 1.74. The first-order valence-electron chi connectivity index (χ1n) is 11.8. The van der Waals surface area contributed by atoms with Gasteiger partial charge in [-0.25, -0.2) is 0 Å². The summed E-state index contributed by atoms with van der Waals surface area (Å²) in [7, 11) is 3.08. The Morgan fingerprint density at radius 1 is 0.917 bits per heavy atom. The van der Waals surface area contributed by atoms with Crippen LogP contribution in [0.25, 0.3) is 5.76 Å². The first-order valence-corrected chi connectivity index (χ1v) is 11.8. The highest BCUT2D eigenvalue weighted by Crippen LogP contribution is 2.42. The van der Waals surface area contributed by atoms with Crippen LogP contribution >= 0.6 is 0 Å². The zero-order chi connectivity index (χ0) is 25.7. The molecule has 1 aliphatic heterocycles. The van der Waals surface area contributed by atoms with Gasteiger partial charge in [0, 0.05) is 12.1 Å². The van der Waals surface area contributed by atoms with Crippen molar-refractivity contribution in [3.05, 3.63) is 95.1 Å². The molecule has 1 atom stereocenters.